The van der Waals surface area contributed by atoms with Crippen molar-refractivity contribution in [3.63, 3.8) is 0 Å². The van der Waals surface area contributed by atoms with Crippen LogP contribution in [0.3, 0.4) is 0 Å². The minimum Gasteiger partial charge on any atom is -0.383 e. The zero-order valence-electron chi connectivity index (χ0n) is 8.94. The second-order valence-corrected chi connectivity index (χ2v) is 4.57. The average Bonchev–Trinajstić information content (AvgIpc) is 2.00. The van der Waals surface area contributed by atoms with Gasteiger partial charge in [-0.3, -0.25) is 0 Å². The smallest absolute Gasteiger partial charge is 0.166 e. The Balaban J connectivity index is 3.41. The van der Waals surface area contributed by atoms with E-state index in [-0.39, 0.29) is 5.41 Å². The topological polar surface area (TPSA) is 33.3 Å². The van der Waals surface area contributed by atoms with Crippen molar-refractivity contribution >= 4 is 17.3 Å². The predicted molar refractivity (Wildman–Crippen MR) is 59.9 cm³/mol. The van der Waals surface area contributed by atoms with Crippen LogP contribution in [0.25, 0.3) is 0 Å². The van der Waals surface area contributed by atoms with Crippen LogP contribution < -0.4 is 10.6 Å². The number of rotatable bonds is 4. The van der Waals surface area contributed by atoms with Crippen LogP contribution in [-0.4, -0.2) is 31.9 Å². The first-order chi connectivity index (χ1) is 5.95. The number of hydrogen-bond donors (Lipinski definition) is 2. The molecule has 0 saturated carbocycles. The van der Waals surface area contributed by atoms with Crippen molar-refractivity contribution in [1.82, 2.24) is 10.6 Å². The normalized spacial score (nSPS) is 11.1. The van der Waals surface area contributed by atoms with Crippen LogP contribution in [0.2, 0.25) is 0 Å². The van der Waals surface area contributed by atoms with Gasteiger partial charge in [0.05, 0.1) is 6.61 Å². The van der Waals surface area contributed by atoms with Gasteiger partial charge in [0.2, 0.25) is 0 Å². The summed E-state index contributed by atoms with van der Waals surface area (Å²) in [6, 6.07) is 0. The molecular weight excluding hydrogens is 184 g/mol. The molecule has 0 aliphatic rings. The first-order valence-corrected chi connectivity index (χ1v) is 4.87. The van der Waals surface area contributed by atoms with E-state index in [1.54, 1.807) is 7.11 Å². The van der Waals surface area contributed by atoms with Gasteiger partial charge < -0.3 is 15.4 Å². The second-order valence-electron chi connectivity index (χ2n) is 4.16. The van der Waals surface area contributed by atoms with Gasteiger partial charge in [0.25, 0.3) is 0 Å². The van der Waals surface area contributed by atoms with Crippen molar-refractivity contribution in [2.45, 2.75) is 20.8 Å². The maximum Gasteiger partial charge on any atom is 0.166 e. The van der Waals surface area contributed by atoms with Gasteiger partial charge in [0.1, 0.15) is 0 Å². The Morgan fingerprint density at radius 1 is 1.31 bits per heavy atom. The SMILES string of the molecule is COCCNC(=S)NCC(C)(C)C. The Morgan fingerprint density at radius 2 is 1.92 bits per heavy atom. The van der Waals surface area contributed by atoms with Crippen LogP contribution in [0, 0.1) is 5.41 Å². The highest BCUT2D eigenvalue weighted by molar-refractivity contribution is 7.80. The van der Waals surface area contributed by atoms with Gasteiger partial charge in [-0.2, -0.15) is 0 Å². The van der Waals surface area contributed by atoms with E-state index in [0.29, 0.717) is 11.7 Å². The molecule has 13 heavy (non-hydrogen) atoms. The Bertz CT molecular complexity index is 154. The van der Waals surface area contributed by atoms with E-state index in [1.807, 2.05) is 0 Å². The van der Waals surface area contributed by atoms with E-state index in [0.717, 1.165) is 13.1 Å². The fraction of sp³-hybridized carbons (Fsp3) is 0.889. The molecule has 0 aliphatic heterocycles. The molecule has 0 aromatic carbocycles. The Labute approximate surface area is 86.2 Å². The molecule has 78 valence electrons. The molecule has 0 spiro atoms. The van der Waals surface area contributed by atoms with Crippen molar-refractivity contribution in [2.75, 3.05) is 26.8 Å². The zero-order chi connectivity index (χ0) is 10.3. The van der Waals surface area contributed by atoms with Gasteiger partial charge in [-0.15, -0.1) is 0 Å². The number of methoxy groups -OCH3 is 1. The van der Waals surface area contributed by atoms with Crippen molar-refractivity contribution in [2.24, 2.45) is 5.41 Å². The molecule has 0 amide bonds. The highest BCUT2D eigenvalue weighted by atomic mass is 32.1. The first kappa shape index (κ1) is 12.7. The number of hydrogen-bond acceptors (Lipinski definition) is 2. The maximum absolute atomic E-state index is 5.06. The highest BCUT2D eigenvalue weighted by Gasteiger charge is 2.09. The highest BCUT2D eigenvalue weighted by Crippen LogP contribution is 2.09. The summed E-state index contributed by atoms with van der Waals surface area (Å²) in [5.74, 6) is 0. The molecule has 0 aromatic rings. The minimum atomic E-state index is 0.257. The van der Waals surface area contributed by atoms with Gasteiger partial charge in [0.15, 0.2) is 5.11 Å². The summed E-state index contributed by atoms with van der Waals surface area (Å²) in [6.45, 7) is 8.81. The van der Waals surface area contributed by atoms with Crippen molar-refractivity contribution < 1.29 is 4.74 Å². The fourth-order valence-electron chi connectivity index (χ4n) is 0.675. The molecule has 0 rings (SSSR count). The lowest BCUT2D eigenvalue weighted by Gasteiger charge is -2.20. The van der Waals surface area contributed by atoms with Gasteiger partial charge in [0, 0.05) is 20.2 Å². The molecule has 0 bridgehead atoms. The van der Waals surface area contributed by atoms with Crippen LogP contribution >= 0.6 is 12.2 Å². The Hall–Kier alpha value is -0.350. The van der Waals surface area contributed by atoms with Gasteiger partial charge in [-0.1, -0.05) is 20.8 Å². The summed E-state index contributed by atoms with van der Waals surface area (Å²) in [5.41, 5.74) is 0.257. The largest absolute Gasteiger partial charge is 0.383 e. The molecule has 4 heteroatoms. The maximum atomic E-state index is 5.06. The van der Waals surface area contributed by atoms with Crippen molar-refractivity contribution in [3.8, 4) is 0 Å². The van der Waals surface area contributed by atoms with Crippen LogP contribution in [-0.2, 0) is 4.74 Å². The van der Waals surface area contributed by atoms with Crippen molar-refractivity contribution in [3.05, 3.63) is 0 Å². The Morgan fingerprint density at radius 3 is 2.38 bits per heavy atom. The van der Waals surface area contributed by atoms with Crippen molar-refractivity contribution in [1.29, 1.82) is 0 Å². The van der Waals surface area contributed by atoms with E-state index in [1.165, 1.54) is 0 Å². The fourth-order valence-corrected chi connectivity index (χ4v) is 0.849. The summed E-state index contributed by atoms with van der Waals surface area (Å²) in [6.07, 6.45) is 0. The standard InChI is InChI=1S/C9H20N2OS/c1-9(2,3)7-11-8(13)10-5-6-12-4/h5-7H2,1-4H3,(H2,10,11,13). The molecule has 0 aromatic heterocycles. The van der Waals surface area contributed by atoms with E-state index < -0.39 is 0 Å². The Kier molecular flexibility index (Phi) is 5.99. The number of nitrogens with one attached hydrogen (secondary N) is 2. The average molecular weight is 204 g/mol. The number of thiocarbonyl (C=S) groups is 1. The van der Waals surface area contributed by atoms with Crippen LogP contribution in [0.5, 0.6) is 0 Å². The van der Waals surface area contributed by atoms with Gasteiger partial charge in [-0.05, 0) is 17.6 Å². The molecule has 0 saturated heterocycles. The van der Waals surface area contributed by atoms with E-state index in [9.17, 15) is 0 Å². The van der Waals surface area contributed by atoms with Gasteiger partial charge >= 0.3 is 0 Å². The molecule has 0 heterocycles. The molecule has 0 unspecified atom stereocenters. The third-order valence-electron chi connectivity index (χ3n) is 1.37. The van der Waals surface area contributed by atoms with E-state index in [4.69, 9.17) is 17.0 Å². The van der Waals surface area contributed by atoms with Crippen LogP contribution in [0.15, 0.2) is 0 Å². The van der Waals surface area contributed by atoms with E-state index >= 15 is 0 Å². The predicted octanol–water partition coefficient (Wildman–Crippen LogP) is 1.14. The number of ether oxygens (including phenoxy) is 1. The summed E-state index contributed by atoms with van der Waals surface area (Å²) in [4.78, 5) is 0. The molecule has 3 nitrogen and oxygen atoms in total. The summed E-state index contributed by atoms with van der Waals surface area (Å²) in [7, 11) is 1.67. The second kappa shape index (κ2) is 6.16. The lowest BCUT2D eigenvalue weighted by molar-refractivity contribution is 0.204. The third kappa shape index (κ3) is 9.56. The molecule has 2 N–H and O–H groups in total. The zero-order valence-corrected chi connectivity index (χ0v) is 9.75. The molecule has 0 aliphatic carbocycles. The lowest BCUT2D eigenvalue weighted by atomic mass is 9.97. The van der Waals surface area contributed by atoms with Gasteiger partial charge in [-0.25, -0.2) is 0 Å². The third-order valence-corrected chi connectivity index (χ3v) is 1.66. The van der Waals surface area contributed by atoms with Crippen LogP contribution in [0.4, 0.5) is 0 Å². The van der Waals surface area contributed by atoms with Crippen LogP contribution in [0.1, 0.15) is 20.8 Å². The molecule has 0 atom stereocenters. The summed E-state index contributed by atoms with van der Waals surface area (Å²) >= 11 is 5.06. The first-order valence-electron chi connectivity index (χ1n) is 4.46. The van der Waals surface area contributed by atoms with E-state index in [2.05, 4.69) is 31.4 Å². The molecule has 0 fully saturated rings. The molecule has 0 radical (unpaired) electrons. The summed E-state index contributed by atoms with van der Waals surface area (Å²) in [5, 5.41) is 6.90. The lowest BCUT2D eigenvalue weighted by Crippen LogP contribution is -2.40. The summed E-state index contributed by atoms with van der Waals surface area (Å²) < 4.78 is 4.89. The minimum absolute atomic E-state index is 0.257. The monoisotopic (exact) mass is 204 g/mol. The quantitative estimate of drug-likeness (QED) is 0.531. The molecular formula is C9H20N2OS.